The number of aliphatic hydroxyl groups excluding tert-OH is 2. The Bertz CT molecular complexity index is 1230. The number of amides is 1. The predicted molar refractivity (Wildman–Crippen MR) is 333 cm³/mol. The van der Waals surface area contributed by atoms with Crippen molar-refractivity contribution in [3.05, 3.63) is 36.5 Å². The maximum Gasteiger partial charge on any atom is 0.305 e. The lowest BCUT2D eigenvalue weighted by atomic mass is 10.0. The van der Waals surface area contributed by atoms with Crippen molar-refractivity contribution in [2.75, 3.05) is 13.2 Å². The fraction of sp³-hybridized carbons (Fsp3) is 0.886. The van der Waals surface area contributed by atoms with Gasteiger partial charge in [-0.25, -0.2) is 0 Å². The molecule has 3 N–H and O–H groups in total. The van der Waals surface area contributed by atoms with E-state index in [2.05, 4.69) is 43.5 Å². The largest absolute Gasteiger partial charge is 0.466 e. The number of esters is 1. The molecule has 76 heavy (non-hydrogen) atoms. The van der Waals surface area contributed by atoms with E-state index in [9.17, 15) is 19.8 Å². The van der Waals surface area contributed by atoms with E-state index in [0.717, 1.165) is 51.4 Å². The molecule has 0 aromatic carbocycles. The molecule has 448 valence electrons. The summed E-state index contributed by atoms with van der Waals surface area (Å²) in [4.78, 5) is 24.6. The Morgan fingerprint density at radius 2 is 0.658 bits per heavy atom. The Morgan fingerprint density at radius 3 is 1.03 bits per heavy atom. The summed E-state index contributed by atoms with van der Waals surface area (Å²) >= 11 is 0. The number of nitrogens with one attached hydrogen (secondary N) is 1. The molecule has 0 rings (SSSR count). The van der Waals surface area contributed by atoms with Gasteiger partial charge in [-0.1, -0.05) is 333 Å². The predicted octanol–water partition coefficient (Wildman–Crippen LogP) is 21.9. The Labute approximate surface area is 474 Å². The minimum Gasteiger partial charge on any atom is -0.466 e. The standard InChI is InChI=1S/C70H133NO5/c1-3-5-7-9-11-13-15-17-19-20-21-22-23-24-25-28-31-35-38-42-46-50-54-58-62-68(73)67(66-72)71-69(74)63-59-55-51-47-43-39-36-32-29-26-27-30-33-37-41-45-49-53-57-61-65-76-70(75)64-60-56-52-48-44-40-34-18-16-14-12-10-8-6-4-2/h12,14,18,34,58,62,67-68,72-73H,3-11,13,15-17,19-33,35-57,59-61,63-66H2,1-2H3,(H,71,74)/b14-12-,34-18-,62-58+. The molecule has 0 saturated carbocycles. The summed E-state index contributed by atoms with van der Waals surface area (Å²) in [5.74, 6) is -0.0699. The van der Waals surface area contributed by atoms with Crippen molar-refractivity contribution in [3.8, 4) is 0 Å². The van der Waals surface area contributed by atoms with Crippen LogP contribution >= 0.6 is 0 Å². The average Bonchev–Trinajstić information content (AvgIpc) is 3.42. The second-order valence-electron chi connectivity index (χ2n) is 23.5. The lowest BCUT2D eigenvalue weighted by Gasteiger charge is -2.20. The second-order valence-corrected chi connectivity index (χ2v) is 23.5. The van der Waals surface area contributed by atoms with Crippen LogP contribution in [-0.4, -0.2) is 47.4 Å². The lowest BCUT2D eigenvalue weighted by molar-refractivity contribution is -0.143. The maximum absolute atomic E-state index is 12.5. The molecule has 0 aliphatic heterocycles. The van der Waals surface area contributed by atoms with Crippen LogP contribution < -0.4 is 5.32 Å². The highest BCUT2D eigenvalue weighted by Crippen LogP contribution is 2.18. The molecule has 0 aliphatic carbocycles. The zero-order valence-electron chi connectivity index (χ0n) is 51.3. The summed E-state index contributed by atoms with van der Waals surface area (Å²) in [6.45, 7) is 4.90. The van der Waals surface area contributed by atoms with Crippen molar-refractivity contribution >= 4 is 11.9 Å². The van der Waals surface area contributed by atoms with E-state index in [0.29, 0.717) is 19.4 Å². The molecule has 0 aromatic rings. The molecule has 0 heterocycles. The van der Waals surface area contributed by atoms with Gasteiger partial charge in [0.1, 0.15) is 0 Å². The second kappa shape index (κ2) is 65.6. The Hall–Kier alpha value is -1.92. The molecule has 0 fully saturated rings. The molecule has 6 heteroatoms. The van der Waals surface area contributed by atoms with Gasteiger partial charge in [0.2, 0.25) is 5.91 Å². The molecule has 2 unspecified atom stereocenters. The van der Waals surface area contributed by atoms with Crippen LogP contribution in [0.1, 0.15) is 373 Å². The van der Waals surface area contributed by atoms with Gasteiger partial charge in [0.15, 0.2) is 0 Å². The quantitative estimate of drug-likeness (QED) is 0.0320. The van der Waals surface area contributed by atoms with Gasteiger partial charge in [0.05, 0.1) is 25.4 Å². The summed E-state index contributed by atoms with van der Waals surface area (Å²) in [5.41, 5.74) is 0. The zero-order chi connectivity index (χ0) is 55.0. The number of carbonyl (C=O) groups is 2. The molecule has 1 amide bonds. The molecular weight excluding hydrogens is 935 g/mol. The van der Waals surface area contributed by atoms with Gasteiger partial charge < -0.3 is 20.3 Å². The number of ether oxygens (including phenoxy) is 1. The summed E-state index contributed by atoms with van der Waals surface area (Å²) < 4.78 is 5.48. The van der Waals surface area contributed by atoms with E-state index < -0.39 is 12.1 Å². The van der Waals surface area contributed by atoms with E-state index in [1.807, 2.05) is 6.08 Å². The third-order valence-electron chi connectivity index (χ3n) is 15.9. The number of hydrogen-bond donors (Lipinski definition) is 3. The molecule has 0 aliphatic rings. The maximum atomic E-state index is 12.5. The highest BCUT2D eigenvalue weighted by Gasteiger charge is 2.18. The van der Waals surface area contributed by atoms with Crippen molar-refractivity contribution in [1.29, 1.82) is 0 Å². The normalized spacial score (nSPS) is 12.7. The molecule has 0 aromatic heterocycles. The van der Waals surface area contributed by atoms with Crippen LogP contribution in [0.3, 0.4) is 0 Å². The summed E-state index contributed by atoms with van der Waals surface area (Å²) in [5, 5.41) is 23.3. The first-order chi connectivity index (χ1) is 37.5. The van der Waals surface area contributed by atoms with Crippen molar-refractivity contribution in [3.63, 3.8) is 0 Å². The molecule has 6 nitrogen and oxygen atoms in total. The van der Waals surface area contributed by atoms with Crippen molar-refractivity contribution in [2.45, 2.75) is 386 Å². The van der Waals surface area contributed by atoms with Gasteiger partial charge in [0, 0.05) is 12.8 Å². The smallest absolute Gasteiger partial charge is 0.305 e. The van der Waals surface area contributed by atoms with Crippen molar-refractivity contribution in [2.24, 2.45) is 0 Å². The van der Waals surface area contributed by atoms with Crippen molar-refractivity contribution < 1.29 is 24.5 Å². The lowest BCUT2D eigenvalue weighted by Crippen LogP contribution is -2.45. The number of hydrogen-bond acceptors (Lipinski definition) is 5. The van der Waals surface area contributed by atoms with Crippen LogP contribution in [0.4, 0.5) is 0 Å². The van der Waals surface area contributed by atoms with Crippen LogP contribution in [0.25, 0.3) is 0 Å². The summed E-state index contributed by atoms with van der Waals surface area (Å²) in [6.07, 6.45) is 83.5. The van der Waals surface area contributed by atoms with Gasteiger partial charge in [-0.05, 0) is 64.2 Å². The van der Waals surface area contributed by atoms with E-state index in [1.54, 1.807) is 6.08 Å². The van der Waals surface area contributed by atoms with Crippen molar-refractivity contribution in [1.82, 2.24) is 5.32 Å². The Morgan fingerprint density at radius 1 is 0.368 bits per heavy atom. The van der Waals surface area contributed by atoms with E-state index in [1.165, 1.54) is 295 Å². The summed E-state index contributed by atoms with van der Waals surface area (Å²) in [7, 11) is 0. The SMILES string of the molecule is CCCCC/C=C\C/C=C\CCCCCCCC(=O)OCCCCCCCCCCCCCCCCCCCCCCC(=O)NC(CO)C(O)/C=C/CCCCCCCCCCCCCCCCCCCCCCCC. The van der Waals surface area contributed by atoms with Gasteiger partial charge in [0.25, 0.3) is 0 Å². The Balaban J connectivity index is 3.43. The third-order valence-corrected chi connectivity index (χ3v) is 15.9. The molecule has 0 radical (unpaired) electrons. The molecule has 0 saturated heterocycles. The zero-order valence-corrected chi connectivity index (χ0v) is 51.3. The first-order valence-electron chi connectivity index (χ1n) is 34.3. The number of carbonyl (C=O) groups excluding carboxylic acids is 2. The van der Waals surface area contributed by atoms with E-state index in [-0.39, 0.29) is 18.5 Å². The first kappa shape index (κ1) is 74.1. The number of aliphatic hydroxyl groups is 2. The first-order valence-corrected chi connectivity index (χ1v) is 34.3. The van der Waals surface area contributed by atoms with Gasteiger partial charge in [-0.2, -0.15) is 0 Å². The topological polar surface area (TPSA) is 95.9 Å². The van der Waals surface area contributed by atoms with Crippen LogP contribution in [0.5, 0.6) is 0 Å². The van der Waals surface area contributed by atoms with E-state index in [4.69, 9.17) is 4.74 Å². The number of unbranched alkanes of at least 4 members (excludes halogenated alkanes) is 49. The molecule has 0 spiro atoms. The Kier molecular flexibility index (Phi) is 63.9. The highest BCUT2D eigenvalue weighted by atomic mass is 16.5. The minimum atomic E-state index is -0.848. The van der Waals surface area contributed by atoms with Gasteiger partial charge in [-0.3, -0.25) is 9.59 Å². The summed E-state index contributed by atoms with van der Waals surface area (Å²) in [6, 6.07) is -0.631. The highest BCUT2D eigenvalue weighted by molar-refractivity contribution is 5.76. The van der Waals surface area contributed by atoms with Crippen LogP contribution in [0.15, 0.2) is 36.5 Å². The van der Waals surface area contributed by atoms with Crippen LogP contribution in [0.2, 0.25) is 0 Å². The monoisotopic (exact) mass is 1070 g/mol. The molecule has 0 bridgehead atoms. The molecule has 2 atom stereocenters. The number of allylic oxidation sites excluding steroid dienone is 5. The van der Waals surface area contributed by atoms with Gasteiger partial charge in [-0.15, -0.1) is 0 Å². The van der Waals surface area contributed by atoms with E-state index >= 15 is 0 Å². The fourth-order valence-electron chi connectivity index (χ4n) is 10.7. The van der Waals surface area contributed by atoms with Gasteiger partial charge >= 0.3 is 5.97 Å². The third kappa shape index (κ3) is 61.3. The van der Waals surface area contributed by atoms with Crippen LogP contribution in [0, 0.1) is 0 Å². The fourth-order valence-corrected chi connectivity index (χ4v) is 10.7. The average molecular weight is 1070 g/mol. The number of rotatable bonds is 64. The minimum absolute atomic E-state index is 0.00351. The van der Waals surface area contributed by atoms with Crippen LogP contribution in [-0.2, 0) is 14.3 Å². The molecular formula is C70H133NO5.